The number of hydrogen-bond acceptors (Lipinski definition) is 4. The summed E-state index contributed by atoms with van der Waals surface area (Å²) in [6, 6.07) is 4.89. The van der Waals surface area contributed by atoms with Crippen molar-refractivity contribution in [1.82, 2.24) is 9.62 Å². The van der Waals surface area contributed by atoms with Crippen LogP contribution in [0.5, 0.6) is 5.75 Å². The molecule has 18 heavy (non-hydrogen) atoms. The maximum Gasteiger partial charge on any atom is 0.242 e. The van der Waals surface area contributed by atoms with E-state index in [2.05, 4.69) is 5.32 Å². The van der Waals surface area contributed by atoms with E-state index < -0.39 is 10.0 Å². The number of ether oxygens (including phenoxy) is 1. The zero-order valence-corrected chi connectivity index (χ0v) is 12.0. The van der Waals surface area contributed by atoms with Crippen molar-refractivity contribution in [3.8, 4) is 5.75 Å². The van der Waals surface area contributed by atoms with Crippen LogP contribution in [0.25, 0.3) is 0 Å². The Labute approximate surface area is 109 Å². The Balaban J connectivity index is 3.18. The fourth-order valence-corrected chi connectivity index (χ4v) is 2.48. The van der Waals surface area contributed by atoms with Gasteiger partial charge in [0.05, 0.1) is 12.0 Å². The molecule has 5 nitrogen and oxygen atoms in total. The minimum absolute atomic E-state index is 0.279. The van der Waals surface area contributed by atoms with E-state index >= 15 is 0 Å². The molecule has 1 N–H and O–H groups in total. The summed E-state index contributed by atoms with van der Waals surface area (Å²) < 4.78 is 30.5. The molecule has 0 aromatic heterocycles. The largest absolute Gasteiger partial charge is 0.496 e. The van der Waals surface area contributed by atoms with Crippen molar-refractivity contribution >= 4 is 10.0 Å². The molecule has 0 spiro atoms. The van der Waals surface area contributed by atoms with Gasteiger partial charge in [0.25, 0.3) is 0 Å². The zero-order valence-electron chi connectivity index (χ0n) is 11.2. The Kier molecular flexibility index (Phi) is 5.13. The van der Waals surface area contributed by atoms with Crippen LogP contribution in [-0.4, -0.2) is 40.5 Å². The van der Waals surface area contributed by atoms with Gasteiger partial charge < -0.3 is 10.1 Å². The summed E-state index contributed by atoms with van der Waals surface area (Å²) in [6.07, 6.45) is 0. The van der Waals surface area contributed by atoms with E-state index in [4.69, 9.17) is 4.74 Å². The molecule has 102 valence electrons. The number of nitrogens with one attached hydrogen (secondary N) is 1. The first-order valence-corrected chi connectivity index (χ1v) is 7.17. The van der Waals surface area contributed by atoms with Gasteiger partial charge in [-0.25, -0.2) is 12.7 Å². The third-order valence-electron chi connectivity index (χ3n) is 2.60. The highest BCUT2D eigenvalue weighted by Gasteiger charge is 2.18. The van der Waals surface area contributed by atoms with E-state index in [0.717, 1.165) is 12.1 Å². The number of hydrogen-bond donors (Lipinski definition) is 1. The van der Waals surface area contributed by atoms with Crippen molar-refractivity contribution in [3.63, 3.8) is 0 Å². The highest BCUT2D eigenvalue weighted by atomic mass is 32.2. The highest BCUT2D eigenvalue weighted by Crippen LogP contribution is 2.23. The van der Waals surface area contributed by atoms with Crippen molar-refractivity contribution in [2.75, 3.05) is 27.7 Å². The second-order valence-corrected chi connectivity index (χ2v) is 6.19. The van der Waals surface area contributed by atoms with Crippen LogP contribution in [0.15, 0.2) is 23.1 Å². The smallest absolute Gasteiger partial charge is 0.242 e. The minimum atomic E-state index is -3.40. The van der Waals surface area contributed by atoms with Crippen LogP contribution in [-0.2, 0) is 16.6 Å². The highest BCUT2D eigenvalue weighted by molar-refractivity contribution is 7.89. The molecule has 0 saturated heterocycles. The van der Waals surface area contributed by atoms with Gasteiger partial charge in [0.2, 0.25) is 10.0 Å². The number of sulfonamides is 1. The van der Waals surface area contributed by atoms with Gasteiger partial charge in [-0.1, -0.05) is 6.92 Å². The van der Waals surface area contributed by atoms with Gasteiger partial charge in [-0.05, 0) is 24.7 Å². The minimum Gasteiger partial charge on any atom is -0.496 e. The standard InChI is InChI=1S/C12H20N2O3S/c1-5-13-9-10-8-11(6-7-12(10)17-4)18(15,16)14(2)3/h6-8,13H,5,9H2,1-4H3. The van der Waals surface area contributed by atoms with Gasteiger partial charge >= 0.3 is 0 Å². The van der Waals surface area contributed by atoms with E-state index in [1.54, 1.807) is 25.3 Å². The molecule has 0 saturated carbocycles. The van der Waals surface area contributed by atoms with Crippen molar-refractivity contribution in [3.05, 3.63) is 23.8 Å². The van der Waals surface area contributed by atoms with E-state index in [-0.39, 0.29) is 4.90 Å². The molecule has 1 aromatic rings. The molecule has 0 aliphatic heterocycles. The lowest BCUT2D eigenvalue weighted by molar-refractivity contribution is 0.407. The predicted octanol–water partition coefficient (Wildman–Crippen LogP) is 1.05. The molecule has 0 atom stereocenters. The molecule has 0 bridgehead atoms. The number of methoxy groups -OCH3 is 1. The van der Waals surface area contributed by atoms with Gasteiger partial charge in [0.1, 0.15) is 5.75 Å². The molecule has 1 rings (SSSR count). The fourth-order valence-electron chi connectivity index (χ4n) is 1.52. The molecule has 0 fully saturated rings. The lowest BCUT2D eigenvalue weighted by atomic mass is 10.2. The lowest BCUT2D eigenvalue weighted by Gasteiger charge is -2.14. The Bertz CT molecular complexity index is 498. The molecule has 0 unspecified atom stereocenters. The quantitative estimate of drug-likeness (QED) is 0.841. The summed E-state index contributed by atoms with van der Waals surface area (Å²) in [6.45, 7) is 3.39. The third kappa shape index (κ3) is 3.22. The molecule has 0 heterocycles. The normalized spacial score (nSPS) is 11.8. The first-order valence-electron chi connectivity index (χ1n) is 5.73. The van der Waals surface area contributed by atoms with E-state index in [0.29, 0.717) is 12.3 Å². The van der Waals surface area contributed by atoms with Gasteiger partial charge in [-0.3, -0.25) is 0 Å². The van der Waals surface area contributed by atoms with Gasteiger partial charge in [0.15, 0.2) is 0 Å². The lowest BCUT2D eigenvalue weighted by Crippen LogP contribution is -2.22. The Morgan fingerprint density at radius 2 is 2.00 bits per heavy atom. The third-order valence-corrected chi connectivity index (χ3v) is 4.41. The van der Waals surface area contributed by atoms with Crippen LogP contribution in [0.2, 0.25) is 0 Å². The fraction of sp³-hybridized carbons (Fsp3) is 0.500. The monoisotopic (exact) mass is 272 g/mol. The summed E-state index contributed by atoms with van der Waals surface area (Å²) in [5.74, 6) is 0.689. The maximum absolute atomic E-state index is 12.0. The first kappa shape index (κ1) is 14.9. The predicted molar refractivity (Wildman–Crippen MR) is 71.2 cm³/mol. The van der Waals surface area contributed by atoms with Crippen molar-refractivity contribution < 1.29 is 13.2 Å². The number of benzene rings is 1. The van der Waals surface area contributed by atoms with Crippen LogP contribution >= 0.6 is 0 Å². The maximum atomic E-state index is 12.0. The van der Waals surface area contributed by atoms with Crippen molar-refractivity contribution in [2.24, 2.45) is 0 Å². The first-order chi connectivity index (χ1) is 8.43. The van der Waals surface area contributed by atoms with Crippen LogP contribution in [0.4, 0.5) is 0 Å². The van der Waals surface area contributed by atoms with Gasteiger partial charge in [0, 0.05) is 26.2 Å². The van der Waals surface area contributed by atoms with Crippen LogP contribution in [0.1, 0.15) is 12.5 Å². The molecular formula is C12H20N2O3S. The number of rotatable bonds is 6. The SMILES string of the molecule is CCNCc1cc(S(=O)(=O)N(C)C)ccc1OC. The number of nitrogens with zero attached hydrogens (tertiary/aromatic N) is 1. The molecule has 0 amide bonds. The van der Waals surface area contributed by atoms with Gasteiger partial charge in [-0.15, -0.1) is 0 Å². The van der Waals surface area contributed by atoms with Crippen LogP contribution < -0.4 is 10.1 Å². The molecule has 0 aliphatic carbocycles. The average molecular weight is 272 g/mol. The van der Waals surface area contributed by atoms with Gasteiger partial charge in [-0.2, -0.15) is 0 Å². The molecular weight excluding hydrogens is 252 g/mol. The molecule has 1 aromatic carbocycles. The Morgan fingerprint density at radius 1 is 1.33 bits per heavy atom. The van der Waals surface area contributed by atoms with E-state index in [9.17, 15) is 8.42 Å². The second-order valence-electron chi connectivity index (χ2n) is 4.04. The van der Waals surface area contributed by atoms with Crippen molar-refractivity contribution in [1.29, 1.82) is 0 Å². The summed E-state index contributed by atoms with van der Waals surface area (Å²) in [4.78, 5) is 0.279. The summed E-state index contributed by atoms with van der Waals surface area (Å²) in [7, 11) is 1.21. The molecule has 6 heteroatoms. The molecule has 0 aliphatic rings. The van der Waals surface area contributed by atoms with E-state index in [1.165, 1.54) is 18.4 Å². The summed E-state index contributed by atoms with van der Waals surface area (Å²) >= 11 is 0. The topological polar surface area (TPSA) is 58.6 Å². The summed E-state index contributed by atoms with van der Waals surface area (Å²) in [5.41, 5.74) is 0.835. The van der Waals surface area contributed by atoms with Crippen LogP contribution in [0, 0.1) is 0 Å². The Morgan fingerprint density at radius 3 is 2.50 bits per heavy atom. The summed E-state index contributed by atoms with van der Waals surface area (Å²) in [5, 5.41) is 3.16. The average Bonchev–Trinajstić information content (AvgIpc) is 2.35. The van der Waals surface area contributed by atoms with E-state index in [1.807, 2.05) is 6.92 Å². The zero-order chi connectivity index (χ0) is 13.8. The second kappa shape index (κ2) is 6.17. The molecule has 0 radical (unpaired) electrons. The van der Waals surface area contributed by atoms with Crippen molar-refractivity contribution in [2.45, 2.75) is 18.4 Å². The Hall–Kier alpha value is -1.11. The van der Waals surface area contributed by atoms with Crippen LogP contribution in [0.3, 0.4) is 0 Å².